The summed E-state index contributed by atoms with van der Waals surface area (Å²) in [5.74, 6) is 0.0467. The summed E-state index contributed by atoms with van der Waals surface area (Å²) in [5, 5.41) is 3.46. The van der Waals surface area contributed by atoms with Crippen molar-refractivity contribution in [2.24, 2.45) is 5.92 Å². The lowest BCUT2D eigenvalue weighted by Crippen LogP contribution is -2.52. The fourth-order valence-corrected chi connectivity index (χ4v) is 3.59. The Morgan fingerprint density at radius 1 is 1.29 bits per heavy atom. The Balaban J connectivity index is 2.31. The summed E-state index contributed by atoms with van der Waals surface area (Å²) in [6, 6.07) is 1.73. The maximum absolute atomic E-state index is 13.4. The average molecular weight is 387 g/mol. The summed E-state index contributed by atoms with van der Waals surface area (Å²) < 4.78 is 1.48. The summed E-state index contributed by atoms with van der Waals surface area (Å²) >= 11 is 0. The van der Waals surface area contributed by atoms with Gasteiger partial charge in [-0.2, -0.15) is 0 Å². The van der Waals surface area contributed by atoms with Gasteiger partial charge in [0.1, 0.15) is 0 Å². The van der Waals surface area contributed by atoms with Gasteiger partial charge >= 0.3 is 5.69 Å². The topological polar surface area (TPSA) is 100 Å². The largest absolute Gasteiger partial charge is 0.333 e. The van der Waals surface area contributed by atoms with Gasteiger partial charge in [0.15, 0.2) is 5.65 Å². The Hall–Kier alpha value is -2.48. The number of aromatic nitrogens is 3. The Bertz CT molecular complexity index is 1010. The lowest BCUT2D eigenvalue weighted by atomic mass is 10.0. The molecule has 1 aliphatic rings. The van der Waals surface area contributed by atoms with E-state index in [9.17, 15) is 14.4 Å². The van der Waals surface area contributed by atoms with E-state index in [0.29, 0.717) is 43.1 Å². The second-order valence-corrected chi connectivity index (χ2v) is 8.26. The van der Waals surface area contributed by atoms with Crippen LogP contribution < -0.4 is 16.6 Å². The normalized spacial score (nSPS) is 17.7. The number of H-pyrrole nitrogens is 1. The second-order valence-electron chi connectivity index (χ2n) is 8.26. The van der Waals surface area contributed by atoms with E-state index >= 15 is 0 Å². The summed E-state index contributed by atoms with van der Waals surface area (Å²) in [6.07, 6.45) is 0. The Labute approximate surface area is 164 Å². The number of amides is 1. The molecule has 0 bridgehead atoms. The highest BCUT2D eigenvalue weighted by Gasteiger charge is 2.28. The molecule has 2 aromatic rings. The van der Waals surface area contributed by atoms with Crippen molar-refractivity contribution in [2.45, 2.75) is 53.1 Å². The van der Waals surface area contributed by atoms with Crippen LogP contribution in [0.1, 0.15) is 56.6 Å². The zero-order valence-electron chi connectivity index (χ0n) is 17.2. The van der Waals surface area contributed by atoms with Crippen LogP contribution in [0.15, 0.2) is 15.7 Å². The molecule has 1 fully saturated rings. The molecule has 1 amide bonds. The number of fused-ring (bicyclic) bond motifs is 1. The van der Waals surface area contributed by atoms with Crippen molar-refractivity contribution in [3.8, 4) is 0 Å². The summed E-state index contributed by atoms with van der Waals surface area (Å²) in [6.45, 7) is 12.3. The second kappa shape index (κ2) is 7.87. The molecule has 0 radical (unpaired) electrons. The van der Waals surface area contributed by atoms with E-state index in [0.717, 1.165) is 0 Å². The minimum absolute atomic E-state index is 0.0209. The van der Waals surface area contributed by atoms with Crippen LogP contribution in [-0.2, 0) is 6.54 Å². The SMILES string of the molecule is CC(C)Cn1c(=O)[nH]c(=O)c2c(C(=O)N3CCNC[C@@H]3C)cc(C(C)C)nc21. The molecule has 2 N–H and O–H groups in total. The first-order valence-electron chi connectivity index (χ1n) is 9.90. The number of hydrogen-bond acceptors (Lipinski definition) is 5. The first-order valence-corrected chi connectivity index (χ1v) is 9.90. The Morgan fingerprint density at radius 3 is 2.61 bits per heavy atom. The molecular formula is C20H29N5O3. The van der Waals surface area contributed by atoms with Gasteiger partial charge in [-0.1, -0.05) is 27.7 Å². The third-order valence-electron chi connectivity index (χ3n) is 5.10. The molecule has 1 aliphatic heterocycles. The van der Waals surface area contributed by atoms with E-state index < -0.39 is 11.2 Å². The smallest absolute Gasteiger partial charge is 0.330 e. The number of piperazine rings is 1. The predicted molar refractivity (Wildman–Crippen MR) is 109 cm³/mol. The quantitative estimate of drug-likeness (QED) is 0.824. The first kappa shape index (κ1) is 20.3. The zero-order chi connectivity index (χ0) is 20.6. The zero-order valence-corrected chi connectivity index (χ0v) is 17.2. The molecule has 0 unspecified atom stereocenters. The van der Waals surface area contributed by atoms with Crippen molar-refractivity contribution in [2.75, 3.05) is 19.6 Å². The molecule has 8 heteroatoms. The van der Waals surface area contributed by atoms with E-state index in [4.69, 9.17) is 0 Å². The fraction of sp³-hybridized carbons (Fsp3) is 0.600. The number of hydrogen-bond donors (Lipinski definition) is 2. The van der Waals surface area contributed by atoms with Crippen LogP contribution in [0.5, 0.6) is 0 Å². The number of carbonyl (C=O) groups excluding carboxylic acids is 1. The van der Waals surface area contributed by atoms with Crippen molar-refractivity contribution in [3.05, 3.63) is 38.2 Å². The molecule has 8 nitrogen and oxygen atoms in total. The van der Waals surface area contributed by atoms with Crippen molar-refractivity contribution < 1.29 is 4.79 Å². The molecule has 0 saturated carbocycles. The third kappa shape index (κ3) is 3.73. The van der Waals surface area contributed by atoms with Gasteiger partial charge < -0.3 is 10.2 Å². The number of rotatable bonds is 4. The maximum Gasteiger partial charge on any atom is 0.330 e. The number of pyridine rings is 1. The lowest BCUT2D eigenvalue weighted by Gasteiger charge is -2.34. The molecular weight excluding hydrogens is 358 g/mol. The lowest BCUT2D eigenvalue weighted by molar-refractivity contribution is 0.0657. The van der Waals surface area contributed by atoms with Crippen LogP contribution in [0.4, 0.5) is 0 Å². The van der Waals surface area contributed by atoms with Gasteiger partial charge in [0.25, 0.3) is 11.5 Å². The van der Waals surface area contributed by atoms with Crippen molar-refractivity contribution in [1.29, 1.82) is 0 Å². The monoisotopic (exact) mass is 387 g/mol. The molecule has 1 atom stereocenters. The average Bonchev–Trinajstić information content (AvgIpc) is 2.63. The molecule has 0 spiro atoms. The molecule has 2 aromatic heterocycles. The molecule has 152 valence electrons. The van der Waals surface area contributed by atoms with Gasteiger partial charge in [-0.25, -0.2) is 9.78 Å². The van der Waals surface area contributed by atoms with Gasteiger partial charge in [0, 0.05) is 37.9 Å². The Kier molecular flexibility index (Phi) is 5.69. The van der Waals surface area contributed by atoms with Crippen molar-refractivity contribution in [3.63, 3.8) is 0 Å². The maximum atomic E-state index is 13.4. The number of nitrogens with zero attached hydrogens (tertiary/aromatic N) is 3. The van der Waals surface area contributed by atoms with E-state index in [-0.39, 0.29) is 29.2 Å². The summed E-state index contributed by atoms with van der Waals surface area (Å²) in [4.78, 5) is 47.4. The number of carbonyl (C=O) groups is 1. The predicted octanol–water partition coefficient (Wildman–Crippen LogP) is 1.30. The standard InChI is InChI=1S/C20H29N5O3/c1-11(2)10-25-17-16(18(26)23-20(25)28)14(8-15(22-17)12(3)4)19(27)24-7-6-21-9-13(24)5/h8,11-13,21H,6-7,9-10H2,1-5H3,(H,23,26,28)/t13-/m0/s1. The van der Waals surface area contributed by atoms with Gasteiger partial charge in [-0.15, -0.1) is 0 Å². The van der Waals surface area contributed by atoms with E-state index in [1.807, 2.05) is 34.6 Å². The van der Waals surface area contributed by atoms with Crippen LogP contribution in [0.3, 0.4) is 0 Å². The summed E-state index contributed by atoms with van der Waals surface area (Å²) in [5.41, 5.74) is 0.254. The molecule has 0 aromatic carbocycles. The first-order chi connectivity index (χ1) is 13.2. The highest BCUT2D eigenvalue weighted by molar-refractivity contribution is 6.05. The molecule has 0 aliphatic carbocycles. The van der Waals surface area contributed by atoms with Crippen LogP contribution >= 0.6 is 0 Å². The van der Waals surface area contributed by atoms with E-state index in [1.54, 1.807) is 11.0 Å². The highest BCUT2D eigenvalue weighted by atomic mass is 16.2. The minimum Gasteiger partial charge on any atom is -0.333 e. The van der Waals surface area contributed by atoms with Crippen molar-refractivity contribution in [1.82, 2.24) is 24.8 Å². The third-order valence-corrected chi connectivity index (χ3v) is 5.10. The van der Waals surface area contributed by atoms with Crippen LogP contribution in [-0.4, -0.2) is 51.0 Å². The number of nitrogens with one attached hydrogen (secondary N) is 2. The van der Waals surface area contributed by atoms with E-state index in [2.05, 4.69) is 15.3 Å². The van der Waals surface area contributed by atoms with Gasteiger partial charge in [0.2, 0.25) is 0 Å². The van der Waals surface area contributed by atoms with Crippen molar-refractivity contribution >= 4 is 16.9 Å². The van der Waals surface area contributed by atoms with Crippen LogP contribution in [0, 0.1) is 5.92 Å². The fourth-order valence-electron chi connectivity index (χ4n) is 3.59. The van der Waals surface area contributed by atoms with Gasteiger partial charge in [-0.05, 0) is 24.8 Å². The molecule has 28 heavy (non-hydrogen) atoms. The van der Waals surface area contributed by atoms with Gasteiger partial charge in [-0.3, -0.25) is 19.1 Å². The minimum atomic E-state index is -0.561. The van der Waals surface area contributed by atoms with Gasteiger partial charge in [0.05, 0.1) is 10.9 Å². The Morgan fingerprint density at radius 2 is 2.00 bits per heavy atom. The highest BCUT2D eigenvalue weighted by Crippen LogP contribution is 2.22. The van der Waals surface area contributed by atoms with Crippen LogP contribution in [0.25, 0.3) is 11.0 Å². The molecule has 3 rings (SSSR count). The number of aromatic amines is 1. The molecule has 3 heterocycles. The molecule has 1 saturated heterocycles. The van der Waals surface area contributed by atoms with E-state index in [1.165, 1.54) is 4.57 Å². The summed E-state index contributed by atoms with van der Waals surface area (Å²) in [7, 11) is 0. The van der Waals surface area contributed by atoms with Crippen LogP contribution in [0.2, 0.25) is 0 Å².